The molecule has 3 heterocycles. The van der Waals surface area contributed by atoms with E-state index >= 15 is 0 Å². The van der Waals surface area contributed by atoms with Crippen molar-refractivity contribution in [3.05, 3.63) is 30.6 Å². The maximum absolute atomic E-state index is 12.9. The van der Waals surface area contributed by atoms with E-state index in [2.05, 4.69) is 10.4 Å². The smallest absolute Gasteiger partial charge is 0.411 e. The fourth-order valence-corrected chi connectivity index (χ4v) is 4.60. The molecular formula is C22H27N5O3. The highest BCUT2D eigenvalue weighted by Crippen LogP contribution is 2.42. The second kappa shape index (κ2) is 7.43. The molecule has 2 atom stereocenters. The normalized spacial score (nSPS) is 23.5. The summed E-state index contributed by atoms with van der Waals surface area (Å²) in [6, 6.07) is 5.54. The fourth-order valence-electron chi connectivity index (χ4n) is 4.60. The maximum Gasteiger partial charge on any atom is 0.411 e. The number of amides is 2. The van der Waals surface area contributed by atoms with Gasteiger partial charge in [-0.3, -0.25) is 14.4 Å². The monoisotopic (exact) mass is 409 g/mol. The van der Waals surface area contributed by atoms with Crippen LogP contribution in [-0.2, 0) is 11.3 Å². The molecule has 3 aliphatic rings. The van der Waals surface area contributed by atoms with Crippen molar-refractivity contribution in [2.24, 2.45) is 11.8 Å². The van der Waals surface area contributed by atoms with Gasteiger partial charge in [0.2, 0.25) is 5.91 Å². The minimum absolute atomic E-state index is 0.0830. The number of fused-ring (bicyclic) bond motifs is 1. The molecule has 30 heavy (non-hydrogen) atoms. The Morgan fingerprint density at radius 1 is 1.20 bits per heavy atom. The first-order valence-electron chi connectivity index (χ1n) is 10.7. The first kappa shape index (κ1) is 19.1. The summed E-state index contributed by atoms with van der Waals surface area (Å²) < 4.78 is 1.96. The molecule has 2 N–H and O–H groups in total. The van der Waals surface area contributed by atoms with E-state index in [-0.39, 0.29) is 24.4 Å². The molecule has 1 aromatic heterocycles. The molecule has 1 aliphatic carbocycles. The highest BCUT2D eigenvalue weighted by Gasteiger charge is 2.41. The van der Waals surface area contributed by atoms with E-state index in [9.17, 15) is 14.7 Å². The van der Waals surface area contributed by atoms with Crippen LogP contribution in [0, 0.1) is 11.8 Å². The maximum atomic E-state index is 12.9. The summed E-state index contributed by atoms with van der Waals surface area (Å²) in [7, 11) is 0. The molecule has 5 rings (SSSR count). The van der Waals surface area contributed by atoms with E-state index in [1.54, 1.807) is 4.90 Å². The highest BCUT2D eigenvalue weighted by atomic mass is 16.4. The van der Waals surface area contributed by atoms with Crippen molar-refractivity contribution in [1.29, 1.82) is 0 Å². The number of carbonyl (C=O) groups is 2. The number of nitrogens with one attached hydrogen (secondary N) is 1. The van der Waals surface area contributed by atoms with Crippen LogP contribution in [-0.4, -0.2) is 52.6 Å². The van der Waals surface area contributed by atoms with Gasteiger partial charge in [-0.1, -0.05) is 6.07 Å². The molecule has 1 aromatic carbocycles. The minimum atomic E-state index is -0.997. The van der Waals surface area contributed by atoms with Gasteiger partial charge >= 0.3 is 6.09 Å². The number of carbonyl (C=O) groups excluding carboxylic acids is 1. The summed E-state index contributed by atoms with van der Waals surface area (Å²) in [4.78, 5) is 28.0. The molecule has 1 saturated heterocycles. The quantitative estimate of drug-likeness (QED) is 0.810. The average molecular weight is 409 g/mol. The predicted molar refractivity (Wildman–Crippen MR) is 114 cm³/mol. The Morgan fingerprint density at radius 3 is 2.73 bits per heavy atom. The predicted octanol–water partition coefficient (Wildman–Crippen LogP) is 2.79. The van der Waals surface area contributed by atoms with Crippen LogP contribution in [0.2, 0.25) is 0 Å². The second-order valence-electron chi connectivity index (χ2n) is 8.74. The third-order valence-electron chi connectivity index (χ3n) is 6.38. The van der Waals surface area contributed by atoms with Gasteiger partial charge in [0, 0.05) is 30.8 Å². The van der Waals surface area contributed by atoms with Crippen molar-refractivity contribution in [2.75, 3.05) is 29.4 Å². The van der Waals surface area contributed by atoms with E-state index < -0.39 is 6.09 Å². The molecular weight excluding hydrogens is 382 g/mol. The number of benzene rings is 1. The minimum Gasteiger partial charge on any atom is -0.465 e. The Kier molecular flexibility index (Phi) is 4.73. The second-order valence-corrected chi connectivity index (χ2v) is 8.74. The van der Waals surface area contributed by atoms with Gasteiger partial charge in [0.15, 0.2) is 0 Å². The lowest BCUT2D eigenvalue weighted by Crippen LogP contribution is -2.52. The van der Waals surface area contributed by atoms with Crippen molar-refractivity contribution < 1.29 is 14.7 Å². The van der Waals surface area contributed by atoms with Crippen molar-refractivity contribution >= 4 is 23.4 Å². The van der Waals surface area contributed by atoms with Gasteiger partial charge in [0.25, 0.3) is 0 Å². The Balaban J connectivity index is 1.47. The van der Waals surface area contributed by atoms with Gasteiger partial charge < -0.3 is 15.3 Å². The van der Waals surface area contributed by atoms with Gasteiger partial charge in [-0.05, 0) is 62.9 Å². The van der Waals surface area contributed by atoms with Crippen LogP contribution >= 0.6 is 0 Å². The van der Waals surface area contributed by atoms with Gasteiger partial charge in [0.05, 0.1) is 23.6 Å². The molecule has 0 radical (unpaired) electrons. The van der Waals surface area contributed by atoms with E-state index in [4.69, 9.17) is 0 Å². The number of hydrogen-bond acceptors (Lipinski definition) is 4. The van der Waals surface area contributed by atoms with E-state index in [0.29, 0.717) is 17.3 Å². The highest BCUT2D eigenvalue weighted by molar-refractivity contribution is 6.04. The Bertz CT molecular complexity index is 977. The third-order valence-corrected chi connectivity index (χ3v) is 6.38. The fraction of sp³-hybridized carbons (Fsp3) is 0.500. The van der Waals surface area contributed by atoms with E-state index in [0.717, 1.165) is 50.0 Å². The zero-order valence-electron chi connectivity index (χ0n) is 17.1. The number of rotatable bonds is 4. The first-order chi connectivity index (χ1) is 14.5. The third kappa shape index (κ3) is 3.45. The van der Waals surface area contributed by atoms with E-state index in [1.807, 2.05) is 42.2 Å². The number of hydrogen-bond donors (Lipinski definition) is 2. The molecule has 0 spiro atoms. The lowest BCUT2D eigenvalue weighted by Gasteiger charge is -2.40. The van der Waals surface area contributed by atoms with Crippen LogP contribution in [0.4, 0.5) is 16.2 Å². The molecule has 2 aromatic rings. The Labute approximate surface area is 175 Å². The van der Waals surface area contributed by atoms with Gasteiger partial charge in [-0.25, -0.2) is 4.79 Å². The van der Waals surface area contributed by atoms with Crippen LogP contribution in [0.5, 0.6) is 0 Å². The van der Waals surface area contributed by atoms with Crippen molar-refractivity contribution in [3.8, 4) is 11.1 Å². The van der Waals surface area contributed by atoms with Crippen LogP contribution in [0.15, 0.2) is 30.6 Å². The topological polar surface area (TPSA) is 90.7 Å². The van der Waals surface area contributed by atoms with Gasteiger partial charge in [0.1, 0.15) is 0 Å². The summed E-state index contributed by atoms with van der Waals surface area (Å²) in [5.74, 6) is 0.784. The molecule has 2 amide bonds. The van der Waals surface area contributed by atoms with Crippen LogP contribution in [0.25, 0.3) is 11.1 Å². The zero-order chi connectivity index (χ0) is 20.8. The van der Waals surface area contributed by atoms with Crippen LogP contribution < -0.4 is 15.1 Å². The lowest BCUT2D eigenvalue weighted by atomic mass is 10.0. The molecule has 0 bridgehead atoms. The molecule has 2 aliphatic heterocycles. The Hall–Kier alpha value is -2.87. The lowest BCUT2D eigenvalue weighted by molar-refractivity contribution is -0.120. The summed E-state index contributed by atoms with van der Waals surface area (Å²) >= 11 is 0. The number of nitrogens with zero attached hydrogens (tertiary/aromatic N) is 4. The number of anilines is 2. The summed E-state index contributed by atoms with van der Waals surface area (Å²) in [6.45, 7) is 5.14. The average Bonchev–Trinajstić information content (AvgIpc) is 3.26. The molecule has 0 unspecified atom stereocenters. The summed E-state index contributed by atoms with van der Waals surface area (Å²) in [6.07, 6.45) is 5.85. The molecule has 1 saturated carbocycles. The van der Waals surface area contributed by atoms with Crippen LogP contribution in [0.3, 0.4) is 0 Å². The van der Waals surface area contributed by atoms with Crippen molar-refractivity contribution in [3.63, 3.8) is 0 Å². The van der Waals surface area contributed by atoms with Crippen LogP contribution in [0.1, 0.15) is 26.2 Å². The van der Waals surface area contributed by atoms with Crippen molar-refractivity contribution in [2.45, 2.75) is 38.8 Å². The largest absolute Gasteiger partial charge is 0.465 e. The van der Waals surface area contributed by atoms with E-state index in [1.165, 1.54) is 4.90 Å². The number of aromatic nitrogens is 2. The zero-order valence-corrected chi connectivity index (χ0v) is 17.1. The molecule has 2 fully saturated rings. The first-order valence-corrected chi connectivity index (χ1v) is 10.7. The molecule has 8 heteroatoms. The molecule has 8 nitrogen and oxygen atoms in total. The van der Waals surface area contributed by atoms with Gasteiger partial charge in [-0.15, -0.1) is 0 Å². The van der Waals surface area contributed by atoms with Gasteiger partial charge in [-0.2, -0.15) is 5.10 Å². The SMILES string of the molecule is C[C@H]1CN(C(=O)O)c2cc(-c3cnn(C[C@H]4CCNC4)c3)ccc2N1C(=O)C1CC1. The number of carboxylic acid groups (broad SMARTS) is 1. The Morgan fingerprint density at radius 2 is 2.03 bits per heavy atom. The molecule has 158 valence electrons. The summed E-state index contributed by atoms with van der Waals surface area (Å²) in [5.41, 5.74) is 3.11. The standard InChI is InChI=1S/C22H27N5O3/c1-14-11-26(22(29)30)20-8-17(4-5-19(20)27(14)21(28)16-2-3-16)18-10-24-25(13-18)12-15-6-7-23-9-15/h4-5,8,10,13-16,23H,2-3,6-7,9,11-12H2,1H3,(H,29,30)/t14-,15-/m0/s1. The van der Waals surface area contributed by atoms with Crippen molar-refractivity contribution in [1.82, 2.24) is 15.1 Å². The summed E-state index contributed by atoms with van der Waals surface area (Å²) in [5, 5.41) is 17.7.